The second kappa shape index (κ2) is 5.89. The van der Waals surface area contributed by atoms with Crippen LogP contribution in [0.25, 0.3) is 0 Å². The Balaban J connectivity index is 2.13. The first kappa shape index (κ1) is 14.9. The van der Waals surface area contributed by atoms with Crippen LogP contribution in [0.1, 0.15) is 33.1 Å². The van der Waals surface area contributed by atoms with Crippen LogP contribution in [0.15, 0.2) is 27.8 Å². The maximum absolute atomic E-state index is 12.3. The van der Waals surface area contributed by atoms with Gasteiger partial charge in [0.25, 0.3) is 0 Å². The second-order valence-electron chi connectivity index (χ2n) is 5.57. The van der Waals surface area contributed by atoms with Gasteiger partial charge in [-0.15, -0.1) is 0 Å². The molecule has 6 heteroatoms. The van der Waals surface area contributed by atoms with Crippen LogP contribution in [0.2, 0.25) is 0 Å². The Labute approximate surface area is 123 Å². The highest BCUT2D eigenvalue weighted by molar-refractivity contribution is 9.10. The van der Waals surface area contributed by atoms with Crippen molar-refractivity contribution >= 4 is 26.0 Å². The summed E-state index contributed by atoms with van der Waals surface area (Å²) in [4.78, 5) is 4.12. The van der Waals surface area contributed by atoms with Crippen LogP contribution in [0, 0.1) is 11.8 Å². The lowest BCUT2D eigenvalue weighted by atomic mass is 9.81. The molecule has 1 N–H and O–H groups in total. The minimum atomic E-state index is -3.47. The SMILES string of the molecule is CC1CC(C)CC(NS(=O)(=O)c2cncc(Br)c2)C1. The van der Waals surface area contributed by atoms with Gasteiger partial charge in [0, 0.05) is 22.9 Å². The molecule has 1 saturated carbocycles. The van der Waals surface area contributed by atoms with E-state index in [0.29, 0.717) is 16.3 Å². The van der Waals surface area contributed by atoms with E-state index in [1.54, 1.807) is 12.3 Å². The van der Waals surface area contributed by atoms with Gasteiger partial charge in [-0.3, -0.25) is 4.98 Å². The Morgan fingerprint density at radius 3 is 2.42 bits per heavy atom. The number of hydrogen-bond donors (Lipinski definition) is 1. The van der Waals surface area contributed by atoms with Crippen LogP contribution < -0.4 is 4.72 Å². The summed E-state index contributed by atoms with van der Waals surface area (Å²) in [7, 11) is -3.47. The summed E-state index contributed by atoms with van der Waals surface area (Å²) >= 11 is 3.24. The Morgan fingerprint density at radius 1 is 1.21 bits per heavy atom. The largest absolute Gasteiger partial charge is 0.262 e. The molecule has 0 radical (unpaired) electrons. The van der Waals surface area contributed by atoms with Crippen molar-refractivity contribution < 1.29 is 8.42 Å². The van der Waals surface area contributed by atoms with E-state index < -0.39 is 10.0 Å². The van der Waals surface area contributed by atoms with Crippen LogP contribution >= 0.6 is 15.9 Å². The van der Waals surface area contributed by atoms with Gasteiger partial charge in [0.1, 0.15) is 4.90 Å². The minimum absolute atomic E-state index is 0.0303. The molecular formula is C13H19BrN2O2S. The number of aromatic nitrogens is 1. The van der Waals surface area contributed by atoms with Crippen LogP contribution in [0.4, 0.5) is 0 Å². The summed E-state index contributed by atoms with van der Waals surface area (Å²) in [5, 5.41) is 0. The van der Waals surface area contributed by atoms with E-state index in [2.05, 4.69) is 39.5 Å². The third-order valence-electron chi connectivity index (χ3n) is 3.49. The van der Waals surface area contributed by atoms with E-state index in [1.165, 1.54) is 12.6 Å². The van der Waals surface area contributed by atoms with E-state index in [1.807, 2.05) is 0 Å². The summed E-state index contributed by atoms with van der Waals surface area (Å²) in [5.41, 5.74) is 0. The number of rotatable bonds is 3. The summed E-state index contributed by atoms with van der Waals surface area (Å²) in [5.74, 6) is 1.13. The standard InChI is InChI=1S/C13H19BrN2O2S/c1-9-3-10(2)5-12(4-9)16-19(17,18)13-6-11(14)7-15-8-13/h6-10,12,16H,3-5H2,1-2H3. The molecule has 0 amide bonds. The summed E-state index contributed by atoms with van der Waals surface area (Å²) in [6.45, 7) is 4.36. The lowest BCUT2D eigenvalue weighted by Gasteiger charge is -2.31. The average Bonchev–Trinajstić information content (AvgIpc) is 2.26. The molecule has 0 spiro atoms. The highest BCUT2D eigenvalue weighted by Crippen LogP contribution is 2.29. The molecule has 1 aliphatic carbocycles. The van der Waals surface area contributed by atoms with Crippen molar-refractivity contribution in [2.75, 3.05) is 0 Å². The number of halogens is 1. The summed E-state index contributed by atoms with van der Waals surface area (Å²) < 4.78 is 28.1. The van der Waals surface area contributed by atoms with Gasteiger partial charge in [-0.25, -0.2) is 13.1 Å². The molecule has 2 rings (SSSR count). The number of hydrogen-bond acceptors (Lipinski definition) is 3. The number of nitrogens with zero attached hydrogens (tertiary/aromatic N) is 1. The van der Waals surface area contributed by atoms with Gasteiger partial charge in [-0.1, -0.05) is 13.8 Å². The first-order valence-electron chi connectivity index (χ1n) is 6.49. The molecule has 0 aromatic carbocycles. The molecule has 0 bridgehead atoms. The van der Waals surface area contributed by atoms with Crippen molar-refractivity contribution in [3.8, 4) is 0 Å². The first-order valence-corrected chi connectivity index (χ1v) is 8.77. The average molecular weight is 347 g/mol. The zero-order chi connectivity index (χ0) is 14.0. The van der Waals surface area contributed by atoms with Gasteiger partial charge >= 0.3 is 0 Å². The zero-order valence-corrected chi connectivity index (χ0v) is 13.5. The van der Waals surface area contributed by atoms with Crippen molar-refractivity contribution in [3.63, 3.8) is 0 Å². The van der Waals surface area contributed by atoms with Gasteiger partial charge in [-0.2, -0.15) is 0 Å². The molecule has 1 aliphatic rings. The van der Waals surface area contributed by atoms with E-state index in [0.717, 1.165) is 12.8 Å². The minimum Gasteiger partial charge on any atom is -0.262 e. The van der Waals surface area contributed by atoms with E-state index in [9.17, 15) is 8.42 Å². The van der Waals surface area contributed by atoms with Crippen molar-refractivity contribution in [2.24, 2.45) is 11.8 Å². The van der Waals surface area contributed by atoms with Crippen molar-refractivity contribution in [1.29, 1.82) is 0 Å². The lowest BCUT2D eigenvalue weighted by molar-refractivity contribution is 0.257. The number of pyridine rings is 1. The van der Waals surface area contributed by atoms with Gasteiger partial charge in [-0.05, 0) is 53.1 Å². The van der Waals surface area contributed by atoms with E-state index in [4.69, 9.17) is 0 Å². The molecule has 2 atom stereocenters. The fourth-order valence-corrected chi connectivity index (χ4v) is 4.64. The quantitative estimate of drug-likeness (QED) is 0.915. The molecule has 0 aliphatic heterocycles. The monoisotopic (exact) mass is 346 g/mol. The lowest BCUT2D eigenvalue weighted by Crippen LogP contribution is -2.40. The zero-order valence-electron chi connectivity index (χ0n) is 11.1. The fourth-order valence-electron chi connectivity index (χ4n) is 2.87. The highest BCUT2D eigenvalue weighted by Gasteiger charge is 2.28. The molecule has 4 nitrogen and oxygen atoms in total. The maximum atomic E-state index is 12.3. The molecule has 0 saturated heterocycles. The first-order chi connectivity index (χ1) is 8.87. The molecule has 1 aromatic rings. The van der Waals surface area contributed by atoms with Gasteiger partial charge < -0.3 is 0 Å². The van der Waals surface area contributed by atoms with Gasteiger partial charge in [0.2, 0.25) is 10.0 Å². The molecule has 2 unspecified atom stereocenters. The number of sulfonamides is 1. The topological polar surface area (TPSA) is 59.1 Å². The van der Waals surface area contributed by atoms with Crippen LogP contribution in [-0.2, 0) is 10.0 Å². The third-order valence-corrected chi connectivity index (χ3v) is 5.41. The third kappa shape index (κ3) is 4.00. The maximum Gasteiger partial charge on any atom is 0.242 e. The fraction of sp³-hybridized carbons (Fsp3) is 0.615. The smallest absolute Gasteiger partial charge is 0.242 e. The molecule has 1 heterocycles. The summed E-state index contributed by atoms with van der Waals surface area (Å²) in [6, 6.07) is 1.60. The van der Waals surface area contributed by atoms with E-state index in [-0.39, 0.29) is 10.9 Å². The van der Waals surface area contributed by atoms with Crippen LogP contribution in [-0.4, -0.2) is 19.4 Å². The number of nitrogens with one attached hydrogen (secondary N) is 1. The molecule has 1 aromatic heterocycles. The molecule has 106 valence electrons. The van der Waals surface area contributed by atoms with E-state index >= 15 is 0 Å². The van der Waals surface area contributed by atoms with Crippen LogP contribution in [0.5, 0.6) is 0 Å². The molecule has 19 heavy (non-hydrogen) atoms. The predicted octanol–water partition coefficient (Wildman–Crippen LogP) is 2.95. The van der Waals surface area contributed by atoms with Crippen molar-refractivity contribution in [3.05, 3.63) is 22.9 Å². The predicted molar refractivity (Wildman–Crippen MR) is 78.2 cm³/mol. The van der Waals surface area contributed by atoms with Gasteiger partial charge in [0.15, 0.2) is 0 Å². The Hall–Kier alpha value is -0.460. The Kier molecular flexibility index (Phi) is 4.63. The molecular weight excluding hydrogens is 328 g/mol. The van der Waals surface area contributed by atoms with Crippen molar-refractivity contribution in [2.45, 2.75) is 44.0 Å². The van der Waals surface area contributed by atoms with Crippen LogP contribution in [0.3, 0.4) is 0 Å². The highest BCUT2D eigenvalue weighted by atomic mass is 79.9. The Morgan fingerprint density at radius 2 is 1.84 bits per heavy atom. The second-order valence-corrected chi connectivity index (χ2v) is 8.20. The Bertz CT molecular complexity index is 537. The molecule has 1 fully saturated rings. The summed E-state index contributed by atoms with van der Waals surface area (Å²) in [6.07, 6.45) is 5.94. The van der Waals surface area contributed by atoms with Gasteiger partial charge in [0.05, 0.1) is 0 Å². The normalized spacial score (nSPS) is 28.3. The van der Waals surface area contributed by atoms with Crippen molar-refractivity contribution in [1.82, 2.24) is 9.71 Å².